The topological polar surface area (TPSA) is 72.5 Å². The van der Waals surface area contributed by atoms with Gasteiger partial charge in [0.2, 0.25) is 0 Å². The summed E-state index contributed by atoms with van der Waals surface area (Å²) in [7, 11) is 0. The van der Waals surface area contributed by atoms with Crippen molar-refractivity contribution in [2.75, 3.05) is 0 Å². The number of carbonyl (C=O) groups is 1. The number of nitrogens with two attached hydrogens (primary N) is 1. The SMILES string of the molecule is Cc1ccc(OC(C)(N)C(=O)O)cc1. The van der Waals surface area contributed by atoms with Crippen LogP contribution in [0.15, 0.2) is 24.3 Å². The summed E-state index contributed by atoms with van der Waals surface area (Å²) in [5, 5.41) is 8.71. The molecule has 0 radical (unpaired) electrons. The van der Waals surface area contributed by atoms with Crippen molar-refractivity contribution in [3.8, 4) is 5.75 Å². The minimum absolute atomic E-state index is 0.447. The standard InChI is InChI=1S/C10H13NO3/c1-7-3-5-8(6-4-7)14-10(2,11)9(12)13/h3-6H,11H2,1-2H3,(H,12,13). The molecule has 1 unspecified atom stereocenters. The molecule has 1 atom stereocenters. The van der Waals surface area contributed by atoms with E-state index in [0.29, 0.717) is 5.75 Å². The fraction of sp³-hybridized carbons (Fsp3) is 0.300. The van der Waals surface area contributed by atoms with E-state index in [4.69, 9.17) is 15.6 Å². The molecule has 14 heavy (non-hydrogen) atoms. The van der Waals surface area contributed by atoms with E-state index in [1.807, 2.05) is 19.1 Å². The molecule has 0 aliphatic carbocycles. The second kappa shape index (κ2) is 3.67. The van der Waals surface area contributed by atoms with Crippen molar-refractivity contribution >= 4 is 5.97 Å². The van der Waals surface area contributed by atoms with Gasteiger partial charge in [-0.3, -0.25) is 5.73 Å². The maximum absolute atomic E-state index is 10.6. The third kappa shape index (κ3) is 2.47. The molecular weight excluding hydrogens is 182 g/mol. The molecule has 0 aliphatic rings. The highest BCUT2D eigenvalue weighted by atomic mass is 16.5. The first-order valence-electron chi connectivity index (χ1n) is 4.20. The average Bonchev–Trinajstić information content (AvgIpc) is 2.08. The van der Waals surface area contributed by atoms with Gasteiger partial charge in [0.25, 0.3) is 5.72 Å². The van der Waals surface area contributed by atoms with E-state index in [-0.39, 0.29) is 0 Å². The van der Waals surface area contributed by atoms with Gasteiger partial charge < -0.3 is 9.84 Å². The van der Waals surface area contributed by atoms with Gasteiger partial charge in [-0.05, 0) is 19.1 Å². The maximum atomic E-state index is 10.6. The van der Waals surface area contributed by atoms with Gasteiger partial charge in [-0.1, -0.05) is 17.7 Å². The first-order valence-corrected chi connectivity index (χ1v) is 4.20. The smallest absolute Gasteiger partial charge is 0.363 e. The highest BCUT2D eigenvalue weighted by Gasteiger charge is 2.30. The number of aryl methyl sites for hydroxylation is 1. The van der Waals surface area contributed by atoms with Crippen LogP contribution in [0.3, 0.4) is 0 Å². The molecule has 0 spiro atoms. The number of hydrogen-bond donors (Lipinski definition) is 2. The minimum Gasteiger partial charge on any atom is -0.477 e. The highest BCUT2D eigenvalue weighted by Crippen LogP contribution is 2.16. The van der Waals surface area contributed by atoms with Crippen LogP contribution in [0, 0.1) is 6.92 Å². The van der Waals surface area contributed by atoms with Crippen LogP contribution in [0.2, 0.25) is 0 Å². The summed E-state index contributed by atoms with van der Waals surface area (Å²) in [5.41, 5.74) is 4.80. The van der Waals surface area contributed by atoms with Gasteiger partial charge in [-0.25, -0.2) is 4.79 Å². The van der Waals surface area contributed by atoms with Gasteiger partial charge in [0.1, 0.15) is 5.75 Å². The molecule has 1 rings (SSSR count). The zero-order valence-corrected chi connectivity index (χ0v) is 8.15. The predicted molar refractivity (Wildman–Crippen MR) is 52.0 cm³/mol. The summed E-state index contributed by atoms with van der Waals surface area (Å²) >= 11 is 0. The van der Waals surface area contributed by atoms with Crippen LogP contribution in [0.4, 0.5) is 0 Å². The lowest BCUT2D eigenvalue weighted by molar-refractivity contribution is -0.153. The molecular formula is C10H13NO3. The van der Waals surface area contributed by atoms with Crippen molar-refractivity contribution in [2.45, 2.75) is 19.6 Å². The van der Waals surface area contributed by atoms with E-state index in [1.165, 1.54) is 6.92 Å². The van der Waals surface area contributed by atoms with Crippen molar-refractivity contribution < 1.29 is 14.6 Å². The summed E-state index contributed by atoms with van der Waals surface area (Å²) in [6.45, 7) is 3.23. The molecule has 3 N–H and O–H groups in total. The molecule has 4 nitrogen and oxygen atoms in total. The second-order valence-corrected chi connectivity index (χ2v) is 3.33. The number of carboxylic acids is 1. The average molecular weight is 195 g/mol. The number of hydrogen-bond acceptors (Lipinski definition) is 3. The summed E-state index contributed by atoms with van der Waals surface area (Å²) in [6.07, 6.45) is 0. The molecule has 0 saturated carbocycles. The van der Waals surface area contributed by atoms with Crippen molar-refractivity contribution in [1.82, 2.24) is 0 Å². The molecule has 0 bridgehead atoms. The van der Waals surface area contributed by atoms with Crippen molar-refractivity contribution in [3.05, 3.63) is 29.8 Å². The van der Waals surface area contributed by atoms with Crippen molar-refractivity contribution in [2.24, 2.45) is 5.73 Å². The molecule has 0 aromatic heterocycles. The monoisotopic (exact) mass is 195 g/mol. The third-order valence-corrected chi connectivity index (χ3v) is 1.78. The summed E-state index contributed by atoms with van der Waals surface area (Å²) in [6, 6.07) is 7.02. The number of carboxylic acid groups (broad SMARTS) is 1. The Morgan fingerprint density at radius 1 is 1.43 bits per heavy atom. The summed E-state index contributed by atoms with van der Waals surface area (Å²) in [5.74, 6) is -0.749. The van der Waals surface area contributed by atoms with Crippen LogP contribution in [0.25, 0.3) is 0 Å². The van der Waals surface area contributed by atoms with Crippen molar-refractivity contribution in [1.29, 1.82) is 0 Å². The Labute approximate surface area is 82.3 Å². The molecule has 4 heteroatoms. The molecule has 0 amide bonds. The normalized spacial score (nSPS) is 14.5. The molecule has 0 saturated heterocycles. The summed E-state index contributed by atoms with van der Waals surface area (Å²) in [4.78, 5) is 10.6. The number of rotatable bonds is 3. The third-order valence-electron chi connectivity index (χ3n) is 1.78. The summed E-state index contributed by atoms with van der Waals surface area (Å²) < 4.78 is 5.10. The Bertz CT molecular complexity index is 330. The molecule has 1 aromatic rings. The zero-order valence-electron chi connectivity index (χ0n) is 8.15. The predicted octanol–water partition coefficient (Wildman–Crippen LogP) is 1.13. The van der Waals surface area contributed by atoms with E-state index in [9.17, 15) is 4.79 Å². The fourth-order valence-electron chi connectivity index (χ4n) is 0.895. The van der Waals surface area contributed by atoms with Gasteiger partial charge in [0, 0.05) is 6.92 Å². The van der Waals surface area contributed by atoms with Gasteiger partial charge >= 0.3 is 5.97 Å². The molecule has 76 valence electrons. The van der Waals surface area contributed by atoms with Gasteiger partial charge in [0.05, 0.1) is 0 Å². The van der Waals surface area contributed by atoms with Crippen LogP contribution in [-0.4, -0.2) is 16.8 Å². The van der Waals surface area contributed by atoms with Crippen LogP contribution >= 0.6 is 0 Å². The Hall–Kier alpha value is -1.55. The Morgan fingerprint density at radius 3 is 2.36 bits per heavy atom. The van der Waals surface area contributed by atoms with Gasteiger partial charge in [0.15, 0.2) is 0 Å². The quantitative estimate of drug-likeness (QED) is 0.709. The lowest BCUT2D eigenvalue weighted by Gasteiger charge is -2.21. The minimum atomic E-state index is -1.69. The fourth-order valence-corrected chi connectivity index (χ4v) is 0.895. The highest BCUT2D eigenvalue weighted by molar-refractivity contribution is 5.76. The van der Waals surface area contributed by atoms with Gasteiger partial charge in [-0.15, -0.1) is 0 Å². The lowest BCUT2D eigenvalue weighted by atomic mass is 10.2. The Morgan fingerprint density at radius 2 is 1.93 bits per heavy atom. The van der Waals surface area contributed by atoms with Crippen molar-refractivity contribution in [3.63, 3.8) is 0 Å². The first-order chi connectivity index (χ1) is 6.42. The lowest BCUT2D eigenvalue weighted by Crippen LogP contribution is -2.50. The van der Waals surface area contributed by atoms with Crippen LogP contribution in [-0.2, 0) is 4.79 Å². The van der Waals surface area contributed by atoms with E-state index < -0.39 is 11.7 Å². The first kappa shape index (κ1) is 10.5. The largest absolute Gasteiger partial charge is 0.477 e. The number of ether oxygens (including phenoxy) is 1. The Kier molecular flexibility index (Phi) is 2.76. The number of aliphatic carboxylic acids is 1. The maximum Gasteiger partial charge on any atom is 0.363 e. The molecule has 0 heterocycles. The molecule has 1 aromatic carbocycles. The second-order valence-electron chi connectivity index (χ2n) is 3.33. The van der Waals surface area contributed by atoms with Crippen LogP contribution < -0.4 is 10.5 Å². The van der Waals surface area contributed by atoms with E-state index >= 15 is 0 Å². The van der Waals surface area contributed by atoms with E-state index in [2.05, 4.69) is 0 Å². The molecule has 0 aliphatic heterocycles. The van der Waals surface area contributed by atoms with Crippen LogP contribution in [0.5, 0.6) is 5.75 Å². The number of benzene rings is 1. The van der Waals surface area contributed by atoms with Gasteiger partial charge in [-0.2, -0.15) is 0 Å². The Balaban J connectivity index is 2.79. The van der Waals surface area contributed by atoms with Crippen LogP contribution in [0.1, 0.15) is 12.5 Å². The van der Waals surface area contributed by atoms with E-state index in [0.717, 1.165) is 5.56 Å². The molecule has 0 fully saturated rings. The zero-order chi connectivity index (χ0) is 10.8. The van der Waals surface area contributed by atoms with E-state index in [1.54, 1.807) is 12.1 Å².